The molecule has 2 aliphatic rings. The number of nitrogens with one attached hydrogen (secondary N) is 1. The Morgan fingerprint density at radius 2 is 1.90 bits per heavy atom. The van der Waals surface area contributed by atoms with Crippen molar-refractivity contribution in [3.8, 4) is 0 Å². The van der Waals surface area contributed by atoms with Crippen LogP contribution in [0.1, 0.15) is 34.3 Å². The second-order valence-electron chi connectivity index (χ2n) is 8.00. The molecule has 3 atom stereocenters. The van der Waals surface area contributed by atoms with E-state index in [1.165, 1.54) is 0 Å². The van der Waals surface area contributed by atoms with Crippen LogP contribution in [0.5, 0.6) is 0 Å². The molecule has 0 spiro atoms. The number of likely N-dealkylation sites (tertiary alicyclic amines) is 1. The van der Waals surface area contributed by atoms with E-state index in [9.17, 15) is 18.3 Å². The molecule has 0 bridgehead atoms. The van der Waals surface area contributed by atoms with Gasteiger partial charge in [-0.25, -0.2) is 17.9 Å². The van der Waals surface area contributed by atoms with Gasteiger partial charge in [-0.2, -0.15) is 0 Å². The van der Waals surface area contributed by atoms with E-state index < -0.39 is 16.0 Å². The first-order chi connectivity index (χ1) is 14.3. The third-order valence-electron chi connectivity index (χ3n) is 5.92. The molecule has 4 rings (SSSR count). The maximum Gasteiger partial charge on any atom is 0.336 e. The first-order valence-electron chi connectivity index (χ1n) is 10.1. The third-order valence-corrected chi connectivity index (χ3v) is 7.36. The van der Waals surface area contributed by atoms with Gasteiger partial charge >= 0.3 is 5.97 Å². The minimum Gasteiger partial charge on any atom is -0.478 e. The molecule has 0 unspecified atom stereocenters. The van der Waals surface area contributed by atoms with Crippen molar-refractivity contribution in [2.45, 2.75) is 49.5 Å². The lowest BCUT2D eigenvalue weighted by Crippen LogP contribution is -2.64. The Morgan fingerprint density at radius 3 is 2.60 bits per heavy atom. The number of carboxylic acids is 1. The standard InChI is InChI=1S/C22H26N2O5S/c1-15-6-9-18(10-7-15)30(27,28)23-12-17-8-11-20-21(29-17)14-24(20)13-16-4-2-3-5-19(16)22(25)26/h2-7,9-10,17,20-21,23H,8,11-14H2,1H3,(H,25,26)/t17-,20+,21+/m0/s1. The molecule has 0 amide bonds. The Balaban J connectivity index is 1.29. The number of rotatable bonds is 7. The normalized spacial score (nSPS) is 24.1. The number of fused-ring (bicyclic) bond motifs is 1. The first-order valence-corrected chi connectivity index (χ1v) is 11.6. The predicted octanol–water partition coefficient (Wildman–Crippen LogP) is 2.40. The van der Waals surface area contributed by atoms with Crippen LogP contribution < -0.4 is 4.72 Å². The SMILES string of the molecule is Cc1ccc(S(=O)(=O)NC[C@@H]2CC[C@@H]3[C@@H](CN3Cc3ccccc3C(=O)O)O2)cc1. The molecule has 2 saturated heterocycles. The summed E-state index contributed by atoms with van der Waals surface area (Å²) in [4.78, 5) is 13.9. The molecule has 160 valence electrons. The summed E-state index contributed by atoms with van der Waals surface area (Å²) in [5.41, 5.74) is 2.15. The molecule has 0 aromatic heterocycles. The smallest absolute Gasteiger partial charge is 0.336 e. The topological polar surface area (TPSA) is 95.9 Å². The largest absolute Gasteiger partial charge is 0.478 e. The highest BCUT2D eigenvalue weighted by Crippen LogP contribution is 2.33. The lowest BCUT2D eigenvalue weighted by Gasteiger charge is -2.52. The van der Waals surface area contributed by atoms with Gasteiger partial charge in [0.15, 0.2) is 0 Å². The summed E-state index contributed by atoms with van der Waals surface area (Å²) in [6.07, 6.45) is 1.57. The van der Waals surface area contributed by atoms with Gasteiger partial charge in [0.1, 0.15) is 0 Å². The van der Waals surface area contributed by atoms with Gasteiger partial charge in [-0.05, 0) is 43.5 Å². The van der Waals surface area contributed by atoms with Gasteiger partial charge in [-0.15, -0.1) is 0 Å². The highest BCUT2D eigenvalue weighted by Gasteiger charge is 2.44. The Bertz CT molecular complexity index is 1020. The summed E-state index contributed by atoms with van der Waals surface area (Å²) < 4.78 is 33.7. The summed E-state index contributed by atoms with van der Waals surface area (Å²) in [5, 5.41) is 9.36. The number of carbonyl (C=O) groups is 1. The number of nitrogens with zero attached hydrogens (tertiary/aromatic N) is 1. The zero-order chi connectivity index (χ0) is 21.3. The summed E-state index contributed by atoms with van der Waals surface area (Å²) >= 11 is 0. The lowest BCUT2D eigenvalue weighted by molar-refractivity contribution is -0.168. The third kappa shape index (κ3) is 4.41. The van der Waals surface area contributed by atoms with Gasteiger partial charge in [0.05, 0.1) is 22.7 Å². The van der Waals surface area contributed by atoms with E-state index in [1.807, 2.05) is 19.1 Å². The van der Waals surface area contributed by atoms with Crippen LogP contribution in [0.4, 0.5) is 0 Å². The second kappa shape index (κ2) is 8.47. The fourth-order valence-electron chi connectivity index (χ4n) is 4.18. The fraction of sp³-hybridized carbons (Fsp3) is 0.409. The van der Waals surface area contributed by atoms with Gasteiger partial charge in [0.2, 0.25) is 10.0 Å². The monoisotopic (exact) mass is 430 g/mol. The molecule has 0 aliphatic carbocycles. The van der Waals surface area contributed by atoms with E-state index in [0.717, 1.165) is 30.5 Å². The Kier molecular flexibility index (Phi) is 5.92. The number of ether oxygens (including phenoxy) is 1. The first kappa shape index (κ1) is 21.0. The Labute approximate surface area is 176 Å². The number of aryl methyl sites for hydroxylation is 1. The van der Waals surface area contributed by atoms with Gasteiger partial charge < -0.3 is 9.84 Å². The van der Waals surface area contributed by atoms with Crippen LogP contribution in [0, 0.1) is 6.92 Å². The second-order valence-corrected chi connectivity index (χ2v) is 9.76. The van der Waals surface area contributed by atoms with Crippen molar-refractivity contribution in [3.05, 3.63) is 65.2 Å². The molecule has 2 aliphatic heterocycles. The molecule has 0 radical (unpaired) electrons. The maximum atomic E-state index is 12.5. The molecule has 7 nitrogen and oxygen atoms in total. The van der Waals surface area contributed by atoms with Gasteiger partial charge in [0.25, 0.3) is 0 Å². The van der Waals surface area contributed by atoms with E-state index in [2.05, 4.69) is 9.62 Å². The summed E-state index contributed by atoms with van der Waals surface area (Å²) in [7, 11) is -3.55. The molecule has 2 aromatic rings. The number of hydrogen-bond acceptors (Lipinski definition) is 5. The number of hydrogen-bond donors (Lipinski definition) is 2. The molecule has 2 N–H and O–H groups in total. The molecule has 2 fully saturated rings. The zero-order valence-electron chi connectivity index (χ0n) is 16.8. The Morgan fingerprint density at radius 1 is 1.17 bits per heavy atom. The van der Waals surface area contributed by atoms with Crippen LogP contribution in [0.3, 0.4) is 0 Å². The van der Waals surface area contributed by atoms with Crippen LogP contribution in [0.15, 0.2) is 53.4 Å². The average Bonchev–Trinajstić information content (AvgIpc) is 2.71. The minimum atomic E-state index is -3.55. The Hall–Kier alpha value is -2.26. The molecule has 30 heavy (non-hydrogen) atoms. The van der Waals surface area contributed by atoms with Crippen LogP contribution in [0.2, 0.25) is 0 Å². The fourth-order valence-corrected chi connectivity index (χ4v) is 5.25. The number of sulfonamides is 1. The van der Waals surface area contributed by atoms with E-state index in [4.69, 9.17) is 4.74 Å². The maximum absolute atomic E-state index is 12.5. The van der Waals surface area contributed by atoms with Crippen molar-refractivity contribution < 1.29 is 23.1 Å². The van der Waals surface area contributed by atoms with Crippen molar-refractivity contribution in [1.82, 2.24) is 9.62 Å². The van der Waals surface area contributed by atoms with Gasteiger partial charge in [-0.3, -0.25) is 4.90 Å². The van der Waals surface area contributed by atoms with Gasteiger partial charge in [0, 0.05) is 25.7 Å². The molecular formula is C22H26N2O5S. The molecular weight excluding hydrogens is 404 g/mol. The van der Waals surface area contributed by atoms with E-state index in [-0.39, 0.29) is 29.7 Å². The quantitative estimate of drug-likeness (QED) is 0.700. The predicted molar refractivity (Wildman–Crippen MR) is 112 cm³/mol. The van der Waals surface area contributed by atoms with Crippen molar-refractivity contribution >= 4 is 16.0 Å². The van der Waals surface area contributed by atoms with Crippen LogP contribution in [-0.4, -0.2) is 55.7 Å². The zero-order valence-corrected chi connectivity index (χ0v) is 17.6. The highest BCUT2D eigenvalue weighted by molar-refractivity contribution is 7.89. The van der Waals surface area contributed by atoms with E-state index in [1.54, 1.807) is 36.4 Å². The van der Waals surface area contributed by atoms with E-state index in [0.29, 0.717) is 12.1 Å². The number of carboxylic acid groups (broad SMARTS) is 1. The van der Waals surface area contributed by atoms with Crippen LogP contribution in [-0.2, 0) is 21.3 Å². The molecule has 2 aromatic carbocycles. The summed E-state index contributed by atoms with van der Waals surface area (Å²) in [5.74, 6) is -0.913. The molecule has 2 heterocycles. The van der Waals surface area contributed by atoms with Crippen molar-refractivity contribution in [2.75, 3.05) is 13.1 Å². The van der Waals surface area contributed by atoms with Gasteiger partial charge in [-0.1, -0.05) is 35.9 Å². The minimum absolute atomic E-state index is 0.0598. The summed E-state index contributed by atoms with van der Waals surface area (Å²) in [6, 6.07) is 14.1. The van der Waals surface area contributed by atoms with Crippen LogP contribution >= 0.6 is 0 Å². The van der Waals surface area contributed by atoms with Crippen molar-refractivity contribution in [3.63, 3.8) is 0 Å². The molecule has 8 heteroatoms. The highest BCUT2D eigenvalue weighted by atomic mass is 32.2. The van der Waals surface area contributed by atoms with E-state index >= 15 is 0 Å². The number of aromatic carboxylic acids is 1. The van der Waals surface area contributed by atoms with Crippen molar-refractivity contribution in [2.24, 2.45) is 0 Å². The number of benzene rings is 2. The average molecular weight is 431 g/mol. The summed E-state index contributed by atoms with van der Waals surface area (Å²) in [6.45, 7) is 3.47. The lowest BCUT2D eigenvalue weighted by atomic mass is 9.89. The molecule has 0 saturated carbocycles. The van der Waals surface area contributed by atoms with Crippen LogP contribution in [0.25, 0.3) is 0 Å². The van der Waals surface area contributed by atoms with Crippen molar-refractivity contribution in [1.29, 1.82) is 0 Å².